The van der Waals surface area contributed by atoms with Gasteiger partial charge in [0.15, 0.2) is 56.6 Å². The fourth-order valence-corrected chi connectivity index (χ4v) is 15.1. The number of phosphoric acid groups is 1. The Morgan fingerprint density at radius 1 is 0.322 bits per heavy atom. The lowest BCUT2D eigenvalue weighted by Gasteiger charge is -2.50. The SMILES string of the molecule is CC(=O)N[C@H]1[C@H](O[C@@H]([C@H](O)[C@H](CO)NC(C)=O)[C@H](O)CO)O[C@H](CO)[C@@H](O[C@@H]2O[C@H](CO[C@H]3O[C@H](CO[C@H]4O[C@H](COP(=O)(O)O)[C@@H](O)[C@H](O)[C@@H]4O[C@H]4O[C@H](CO)[C@@H](O)[C@H](O)[C@@H]4O)[C@@H](O)[C@H](O[C@H]4O[C@H](CO)[C@@H](O)[C@H](O)[C@@H]4O[C@H]4O[C@H](CO)[C@@H](O)[C@H](O)[C@@H]4O)[C@@H]3O)[C@@H](O)[C@H](O[C@H]3O[C@H](CO)[C@@H](O)[C@H](O)[C@@H]3O[C@H]3O[C@H](CO)[C@@H](O)[C@H](O)[C@@H]3O)[C@@H]2O)[C@@H]1O. The standard InChI is InChI=1S/C64H111N2O54P/c1-14(75)65-16(3-67)28(78)49(17(77)4-68)114-56-27(66-15(2)76)37(87)50(23(10-74)110-56)115-61-48(98)52(117-64-55(42(92)33(83)22(9-73)109-64)120-60-46(96)40(90)31(81)20(7-71)107-60)36(86)25(112-61)11-102-57-47(97)51(116-63-54(41(91)32(82)21(8-72)108-63)119-59-45(95)39(89)30(80)19(6-70)106-59)35(85)24(111-57)12-103-62-53(43(93)34(84)26(113-62)13-104-121(99,100)101)118-58-44(94)38(88)29(79)18(5-69)105-58/h16-64,67-74,77-98H,3-13H2,1-2H3,(H,65,75)(H,66,76)(H2,99,100,101)/t16-,17+,18+,19+,20+,21+,22+,23+,24+,25+,26+,27+,28+,29+,30+,31+,32+,33+,34+,35+,36+,37+,38-,39-,40-,41-,42-,43-,44-,45-,46-,47-,48-,49+,50+,51-,52-,53-,54-,55-,56-,57-,58+,59+,60+,61-,62-,63+,64+/m0/s1. The third-order valence-corrected chi connectivity index (χ3v) is 22.0. The van der Waals surface area contributed by atoms with Crippen molar-refractivity contribution in [3.05, 3.63) is 0 Å². The van der Waals surface area contributed by atoms with Gasteiger partial charge in [-0.05, 0) is 0 Å². The van der Waals surface area contributed by atoms with Gasteiger partial charge in [-0.1, -0.05) is 0 Å². The summed E-state index contributed by atoms with van der Waals surface area (Å²) in [5.41, 5.74) is 0. The van der Waals surface area contributed by atoms with E-state index in [1.54, 1.807) is 0 Å². The van der Waals surface area contributed by atoms with E-state index in [2.05, 4.69) is 15.2 Å². The van der Waals surface area contributed by atoms with Crippen molar-refractivity contribution in [2.75, 3.05) is 72.7 Å². The Labute approximate surface area is 682 Å². The van der Waals surface area contributed by atoms with E-state index in [1.807, 2.05) is 0 Å². The van der Waals surface area contributed by atoms with E-state index < -0.39 is 393 Å². The number of carbonyl (C=O) groups excluding carboxylic acids is 2. The summed E-state index contributed by atoms with van der Waals surface area (Å²) < 4.78 is 122. The number of ether oxygens (including phenoxy) is 18. The van der Waals surface area contributed by atoms with Crippen LogP contribution >= 0.6 is 7.82 Å². The highest BCUT2D eigenvalue weighted by molar-refractivity contribution is 7.46. The van der Waals surface area contributed by atoms with Crippen LogP contribution in [0.15, 0.2) is 0 Å². The average Bonchev–Trinajstić information content (AvgIpc) is 0.770. The molecule has 0 unspecified atom stereocenters. The summed E-state index contributed by atoms with van der Waals surface area (Å²) in [5, 5.41) is 337. The van der Waals surface area contributed by atoms with Crippen LogP contribution in [0.4, 0.5) is 0 Å². The first-order valence-electron chi connectivity index (χ1n) is 37.8. The molecule has 9 aliphatic rings. The maximum Gasteiger partial charge on any atom is 0.469 e. The van der Waals surface area contributed by atoms with Gasteiger partial charge in [0.2, 0.25) is 11.8 Å². The highest BCUT2D eigenvalue weighted by atomic mass is 31.2. The molecule has 2 amide bonds. The van der Waals surface area contributed by atoms with Crippen LogP contribution in [-0.4, -0.2) is 548 Å². The van der Waals surface area contributed by atoms with E-state index in [9.17, 15) is 177 Å². The fourth-order valence-electron chi connectivity index (χ4n) is 14.7. The molecule has 9 heterocycles. The third kappa shape index (κ3) is 23.5. The first kappa shape index (κ1) is 102. The van der Waals surface area contributed by atoms with Crippen molar-refractivity contribution in [2.24, 2.45) is 0 Å². The number of hydrogen-bond acceptors (Lipinski definition) is 52. The van der Waals surface area contributed by atoms with Gasteiger partial charge in [0, 0.05) is 13.8 Å². The average molecular weight is 1800 g/mol. The van der Waals surface area contributed by atoms with Crippen molar-refractivity contribution >= 4 is 19.6 Å². The molecule has 49 atom stereocenters. The van der Waals surface area contributed by atoms with Crippen molar-refractivity contribution in [3.63, 3.8) is 0 Å². The van der Waals surface area contributed by atoms with E-state index in [4.69, 9.17) is 85.3 Å². The number of rotatable bonds is 36. The molecule has 121 heavy (non-hydrogen) atoms. The predicted molar refractivity (Wildman–Crippen MR) is 366 cm³/mol. The van der Waals surface area contributed by atoms with Crippen LogP contribution in [0.1, 0.15) is 13.8 Å². The number of aliphatic hydroxyl groups is 30. The Morgan fingerprint density at radius 2 is 0.636 bits per heavy atom. The lowest BCUT2D eigenvalue weighted by molar-refractivity contribution is -0.401. The molecule has 0 bridgehead atoms. The summed E-state index contributed by atoms with van der Waals surface area (Å²) in [4.78, 5) is 44.3. The minimum Gasteiger partial charge on any atom is -0.394 e. The van der Waals surface area contributed by atoms with Crippen molar-refractivity contribution in [2.45, 2.75) is 314 Å². The molecule has 0 aromatic rings. The largest absolute Gasteiger partial charge is 0.469 e. The smallest absolute Gasteiger partial charge is 0.394 e. The summed E-state index contributed by atoms with van der Waals surface area (Å²) in [6.45, 7) is -11.4. The number of aliphatic hydroxyl groups excluding tert-OH is 30. The second kappa shape index (κ2) is 44.6. The minimum atomic E-state index is -5.48. The first-order valence-corrected chi connectivity index (χ1v) is 39.4. The lowest BCUT2D eigenvalue weighted by Crippen LogP contribution is -2.69. The minimum absolute atomic E-state index is 0.841. The summed E-state index contributed by atoms with van der Waals surface area (Å²) in [5.74, 6) is -1.87. The fraction of sp³-hybridized carbons (Fsp3) is 0.969. The zero-order valence-electron chi connectivity index (χ0n) is 63.8. The van der Waals surface area contributed by atoms with Gasteiger partial charge in [0.25, 0.3) is 0 Å². The van der Waals surface area contributed by atoms with E-state index in [0.717, 1.165) is 13.8 Å². The maximum absolute atomic E-state index is 13.0. The maximum atomic E-state index is 13.0. The third-order valence-electron chi connectivity index (χ3n) is 21.5. The number of carbonyl (C=O) groups is 2. The van der Waals surface area contributed by atoms with Gasteiger partial charge in [-0.25, -0.2) is 4.57 Å². The van der Waals surface area contributed by atoms with E-state index >= 15 is 0 Å². The normalized spacial score (nSPS) is 47.5. The Kier molecular flexibility index (Phi) is 37.6. The molecule has 56 nitrogen and oxygen atoms in total. The molecule has 57 heteroatoms. The number of nitrogens with one attached hydrogen (secondary N) is 2. The van der Waals surface area contributed by atoms with Gasteiger partial charge in [-0.3, -0.25) is 14.1 Å². The zero-order valence-corrected chi connectivity index (χ0v) is 64.7. The first-order chi connectivity index (χ1) is 57.0. The predicted octanol–water partition coefficient (Wildman–Crippen LogP) is -22.8. The molecule has 9 aliphatic heterocycles. The summed E-state index contributed by atoms with van der Waals surface area (Å²) in [7, 11) is -5.48. The Balaban J connectivity index is 1.11. The lowest BCUT2D eigenvalue weighted by atomic mass is 9.94. The van der Waals surface area contributed by atoms with Crippen LogP contribution < -0.4 is 10.6 Å². The molecule has 9 rings (SSSR count). The molecular formula is C64H111N2O54P. The molecule has 0 spiro atoms. The van der Waals surface area contributed by atoms with Crippen LogP contribution in [-0.2, 0) is 104 Å². The Bertz CT molecular complexity index is 3190. The van der Waals surface area contributed by atoms with Crippen molar-refractivity contribution in [1.29, 1.82) is 0 Å². The van der Waals surface area contributed by atoms with Gasteiger partial charge in [0.05, 0.1) is 78.7 Å². The molecule has 0 saturated carbocycles. The van der Waals surface area contributed by atoms with Gasteiger partial charge in [-0.2, -0.15) is 0 Å². The van der Waals surface area contributed by atoms with Gasteiger partial charge in [-0.15, -0.1) is 0 Å². The van der Waals surface area contributed by atoms with Crippen LogP contribution in [0.3, 0.4) is 0 Å². The number of phosphoric ester groups is 1. The molecule has 9 saturated heterocycles. The van der Waals surface area contributed by atoms with Crippen LogP contribution in [0.2, 0.25) is 0 Å². The van der Waals surface area contributed by atoms with Crippen molar-refractivity contribution in [3.8, 4) is 0 Å². The Morgan fingerprint density at radius 3 is 1.02 bits per heavy atom. The van der Waals surface area contributed by atoms with Crippen LogP contribution in [0, 0.1) is 0 Å². The van der Waals surface area contributed by atoms with E-state index in [1.165, 1.54) is 0 Å². The molecule has 0 aliphatic carbocycles. The van der Waals surface area contributed by atoms with Crippen LogP contribution in [0.5, 0.6) is 0 Å². The Hall–Kier alpha value is -2.87. The highest BCUT2D eigenvalue weighted by Gasteiger charge is 2.61. The van der Waals surface area contributed by atoms with Gasteiger partial charge in [0.1, 0.15) is 238 Å². The molecule has 0 aromatic heterocycles. The van der Waals surface area contributed by atoms with Crippen LogP contribution in [0.25, 0.3) is 0 Å². The van der Waals surface area contributed by atoms with E-state index in [0.29, 0.717) is 0 Å². The van der Waals surface area contributed by atoms with E-state index in [-0.39, 0.29) is 0 Å². The molecule has 9 fully saturated rings. The summed E-state index contributed by atoms with van der Waals surface area (Å²) in [6.07, 6.45) is -106. The topological polar surface area (TPSA) is 898 Å². The monoisotopic (exact) mass is 1800 g/mol. The molecular weight excluding hydrogens is 1690 g/mol. The molecule has 0 aromatic carbocycles. The second-order valence-corrected chi connectivity index (χ2v) is 31.1. The zero-order chi connectivity index (χ0) is 89.6. The van der Waals surface area contributed by atoms with Gasteiger partial charge < -0.3 is 259 Å². The highest BCUT2D eigenvalue weighted by Crippen LogP contribution is 2.42. The van der Waals surface area contributed by atoms with Gasteiger partial charge >= 0.3 is 7.82 Å². The molecule has 34 N–H and O–H groups in total. The molecule has 0 radical (unpaired) electrons. The van der Waals surface area contributed by atoms with Crippen molar-refractivity contribution in [1.82, 2.24) is 10.6 Å². The molecule has 706 valence electrons. The summed E-state index contributed by atoms with van der Waals surface area (Å²) in [6, 6.07) is -3.73. The number of hydrogen-bond donors (Lipinski definition) is 34. The quantitative estimate of drug-likeness (QED) is 0.0259. The second-order valence-electron chi connectivity index (χ2n) is 29.9. The summed E-state index contributed by atoms with van der Waals surface area (Å²) >= 11 is 0. The number of amides is 2. The van der Waals surface area contributed by atoms with Crippen molar-refractivity contribution < 1.29 is 267 Å².